The molecule has 1 heterocycles. The molecule has 2 amide bonds. The van der Waals surface area contributed by atoms with Crippen LogP contribution in [0.4, 0.5) is 4.79 Å². The first-order valence-electron chi connectivity index (χ1n) is 10.7. The molecule has 27 heavy (non-hydrogen) atoms. The maximum Gasteiger partial charge on any atom is 0.317 e. The van der Waals surface area contributed by atoms with Crippen molar-refractivity contribution in [2.45, 2.75) is 74.6 Å². The van der Waals surface area contributed by atoms with Crippen LogP contribution in [0.15, 0.2) is 30.3 Å². The molecule has 1 N–H and O–H groups in total. The molecule has 4 rings (SSSR count). The maximum absolute atomic E-state index is 12.7. The van der Waals surface area contributed by atoms with Crippen molar-refractivity contribution in [1.29, 1.82) is 0 Å². The van der Waals surface area contributed by atoms with Crippen LogP contribution in [-0.2, 0) is 0 Å². The minimum Gasteiger partial charge on any atom is -0.335 e. The van der Waals surface area contributed by atoms with Gasteiger partial charge < -0.3 is 10.2 Å². The van der Waals surface area contributed by atoms with E-state index in [1.165, 1.54) is 31.2 Å². The van der Waals surface area contributed by atoms with Crippen molar-refractivity contribution >= 4 is 18.0 Å². The highest BCUT2D eigenvalue weighted by molar-refractivity contribution is 7.97. The fourth-order valence-corrected chi connectivity index (χ4v) is 5.65. The first-order chi connectivity index (χ1) is 13.2. The third-order valence-corrected chi connectivity index (χ3v) is 7.87. The zero-order chi connectivity index (χ0) is 18.6. The Kier molecular flexibility index (Phi) is 6.28. The van der Waals surface area contributed by atoms with Crippen LogP contribution in [0.5, 0.6) is 0 Å². The Morgan fingerprint density at radius 2 is 1.67 bits per heavy atom. The second-order valence-electron chi connectivity index (χ2n) is 8.48. The topological polar surface area (TPSA) is 35.6 Å². The number of hydrogen-bond donors (Lipinski definition) is 1. The summed E-state index contributed by atoms with van der Waals surface area (Å²) in [6.07, 6.45) is 9.52. The number of amides is 2. The van der Waals surface area contributed by atoms with E-state index in [0.29, 0.717) is 18.0 Å². The lowest BCUT2D eigenvalue weighted by Crippen LogP contribution is -2.50. The second-order valence-corrected chi connectivity index (χ2v) is 9.88. The van der Waals surface area contributed by atoms with Gasteiger partial charge in [0.2, 0.25) is 0 Å². The Morgan fingerprint density at radius 1 is 1.00 bits per heavy atom. The minimum absolute atomic E-state index is 0.131. The predicted octanol–water partition coefficient (Wildman–Crippen LogP) is 4.63. The van der Waals surface area contributed by atoms with E-state index in [-0.39, 0.29) is 6.03 Å². The average molecular weight is 388 g/mol. The molecule has 1 aliphatic heterocycles. The van der Waals surface area contributed by atoms with Gasteiger partial charge in [-0.05, 0) is 62.8 Å². The predicted molar refractivity (Wildman–Crippen MR) is 113 cm³/mol. The number of carbonyl (C=O) groups excluding carboxylic acids is 1. The standard InChI is InChI=1S/C22H33N3OS/c1-24(20-13-15-25(16-14-20)27-21-11-12-21)22(26)23-19-9-7-18(8-10-19)17-5-3-2-4-6-17/h2-6,18-21H,7-16H2,1H3,(H,23,26). The van der Waals surface area contributed by atoms with Gasteiger partial charge in [0.15, 0.2) is 0 Å². The highest BCUT2D eigenvalue weighted by Crippen LogP contribution is 2.38. The zero-order valence-corrected chi connectivity index (χ0v) is 17.3. The summed E-state index contributed by atoms with van der Waals surface area (Å²) in [5.41, 5.74) is 1.45. The van der Waals surface area contributed by atoms with Gasteiger partial charge in [-0.1, -0.05) is 42.3 Å². The maximum atomic E-state index is 12.7. The molecule has 0 aromatic heterocycles. The first-order valence-corrected chi connectivity index (χ1v) is 11.5. The van der Waals surface area contributed by atoms with Crippen LogP contribution >= 0.6 is 11.9 Å². The molecule has 4 nitrogen and oxygen atoms in total. The SMILES string of the molecule is CN(C(=O)NC1CCC(c2ccccc2)CC1)C1CCN(SC2CC2)CC1. The van der Waals surface area contributed by atoms with Gasteiger partial charge in [-0.15, -0.1) is 0 Å². The van der Waals surface area contributed by atoms with Gasteiger partial charge in [0.1, 0.15) is 0 Å². The summed E-state index contributed by atoms with van der Waals surface area (Å²) in [5, 5.41) is 4.19. The van der Waals surface area contributed by atoms with Crippen LogP contribution in [0, 0.1) is 0 Å². The van der Waals surface area contributed by atoms with Crippen LogP contribution in [0.25, 0.3) is 0 Å². The van der Waals surface area contributed by atoms with E-state index in [4.69, 9.17) is 0 Å². The van der Waals surface area contributed by atoms with Crippen molar-refractivity contribution in [2.75, 3.05) is 20.1 Å². The van der Waals surface area contributed by atoms with Crippen LogP contribution in [0.2, 0.25) is 0 Å². The molecule has 2 saturated carbocycles. The third-order valence-electron chi connectivity index (χ3n) is 6.44. The Hall–Kier alpha value is -1.20. The molecule has 0 atom stereocenters. The number of nitrogens with one attached hydrogen (secondary N) is 1. The molecule has 2 aliphatic carbocycles. The van der Waals surface area contributed by atoms with Gasteiger partial charge in [-0.2, -0.15) is 0 Å². The summed E-state index contributed by atoms with van der Waals surface area (Å²) in [6, 6.07) is 11.7. The van der Waals surface area contributed by atoms with Crippen molar-refractivity contribution < 1.29 is 4.79 Å². The number of hydrogen-bond acceptors (Lipinski definition) is 3. The molecule has 0 spiro atoms. The number of carbonyl (C=O) groups is 1. The molecule has 5 heteroatoms. The van der Waals surface area contributed by atoms with Gasteiger partial charge in [-0.3, -0.25) is 4.31 Å². The fraction of sp³-hybridized carbons (Fsp3) is 0.682. The smallest absolute Gasteiger partial charge is 0.317 e. The number of benzene rings is 1. The molecule has 1 saturated heterocycles. The van der Waals surface area contributed by atoms with E-state index in [2.05, 4.69) is 40.0 Å². The zero-order valence-electron chi connectivity index (χ0n) is 16.5. The lowest BCUT2D eigenvalue weighted by atomic mass is 9.82. The van der Waals surface area contributed by atoms with Gasteiger partial charge in [0.05, 0.1) is 0 Å². The lowest BCUT2D eigenvalue weighted by Gasteiger charge is -2.37. The normalized spacial score (nSPS) is 27.3. The summed E-state index contributed by atoms with van der Waals surface area (Å²) in [4.78, 5) is 14.7. The summed E-state index contributed by atoms with van der Waals surface area (Å²) in [7, 11) is 1.99. The van der Waals surface area contributed by atoms with Crippen molar-refractivity contribution in [3.63, 3.8) is 0 Å². The second kappa shape index (κ2) is 8.87. The summed E-state index contributed by atoms with van der Waals surface area (Å²) in [5.74, 6) is 0.658. The summed E-state index contributed by atoms with van der Waals surface area (Å²) in [6.45, 7) is 2.23. The summed E-state index contributed by atoms with van der Waals surface area (Å²) >= 11 is 2.05. The molecule has 1 aromatic rings. The molecule has 0 bridgehead atoms. The third kappa shape index (κ3) is 5.20. The molecular weight excluding hydrogens is 354 g/mol. The van der Waals surface area contributed by atoms with Gasteiger partial charge in [0.25, 0.3) is 0 Å². The summed E-state index contributed by atoms with van der Waals surface area (Å²) < 4.78 is 2.52. The fourth-order valence-electron chi connectivity index (χ4n) is 4.46. The Morgan fingerprint density at radius 3 is 2.30 bits per heavy atom. The molecular formula is C22H33N3OS. The lowest BCUT2D eigenvalue weighted by molar-refractivity contribution is 0.159. The Labute approximate surface area is 168 Å². The van der Waals surface area contributed by atoms with Gasteiger partial charge in [0, 0.05) is 37.5 Å². The van der Waals surface area contributed by atoms with Crippen LogP contribution in [0.3, 0.4) is 0 Å². The van der Waals surface area contributed by atoms with Crippen LogP contribution in [0.1, 0.15) is 62.8 Å². The van der Waals surface area contributed by atoms with Crippen molar-refractivity contribution in [2.24, 2.45) is 0 Å². The molecule has 3 aliphatic rings. The number of rotatable bonds is 5. The first kappa shape index (κ1) is 19.1. The highest BCUT2D eigenvalue weighted by atomic mass is 32.2. The van der Waals surface area contributed by atoms with Crippen molar-refractivity contribution in [3.8, 4) is 0 Å². The highest BCUT2D eigenvalue weighted by Gasteiger charge is 2.31. The molecule has 1 aromatic carbocycles. The molecule has 3 fully saturated rings. The number of urea groups is 1. The van der Waals surface area contributed by atoms with E-state index in [9.17, 15) is 4.79 Å². The largest absolute Gasteiger partial charge is 0.335 e. The van der Waals surface area contributed by atoms with Gasteiger partial charge >= 0.3 is 6.03 Å². The Bertz CT molecular complexity index is 605. The van der Waals surface area contributed by atoms with E-state index < -0.39 is 0 Å². The minimum atomic E-state index is 0.131. The average Bonchev–Trinajstić information content (AvgIpc) is 3.53. The van der Waals surface area contributed by atoms with Crippen molar-refractivity contribution in [1.82, 2.24) is 14.5 Å². The van der Waals surface area contributed by atoms with E-state index in [0.717, 1.165) is 44.0 Å². The number of nitrogens with zero attached hydrogens (tertiary/aromatic N) is 2. The van der Waals surface area contributed by atoms with E-state index >= 15 is 0 Å². The number of piperidine rings is 1. The molecule has 0 unspecified atom stereocenters. The quantitative estimate of drug-likeness (QED) is 0.748. The molecule has 0 radical (unpaired) electrons. The van der Waals surface area contributed by atoms with Gasteiger partial charge in [-0.25, -0.2) is 4.79 Å². The van der Waals surface area contributed by atoms with Crippen LogP contribution < -0.4 is 5.32 Å². The van der Waals surface area contributed by atoms with Crippen molar-refractivity contribution in [3.05, 3.63) is 35.9 Å². The Balaban J connectivity index is 1.19. The van der Waals surface area contributed by atoms with Crippen LogP contribution in [-0.4, -0.2) is 52.7 Å². The molecule has 148 valence electrons. The monoisotopic (exact) mass is 387 g/mol. The van der Waals surface area contributed by atoms with E-state index in [1.807, 2.05) is 23.9 Å². The van der Waals surface area contributed by atoms with E-state index in [1.54, 1.807) is 0 Å².